The fourth-order valence-corrected chi connectivity index (χ4v) is 13.4. The lowest BCUT2D eigenvalue weighted by Crippen LogP contribution is -2.24. The Hall–Kier alpha value is -12.6. The van der Waals surface area contributed by atoms with Crippen LogP contribution in [0.4, 0.5) is 34.1 Å². The van der Waals surface area contributed by atoms with Gasteiger partial charge < -0.3 is 54.8 Å². The van der Waals surface area contributed by atoms with Crippen LogP contribution in [0.25, 0.3) is 100.0 Å². The Morgan fingerprint density at radius 2 is 0.887 bits per heavy atom. The number of H-pyrrole nitrogens is 3. The summed E-state index contributed by atoms with van der Waals surface area (Å²) in [5.41, 5.74) is 15.5. The van der Waals surface area contributed by atoms with Crippen LogP contribution in [-0.2, 0) is 19.6 Å². The maximum atomic E-state index is 12.6. The number of pyridine rings is 3. The molecule has 9 aromatic heterocycles. The number of hydrogen-bond acceptors (Lipinski definition) is 14. The van der Waals surface area contributed by atoms with Crippen LogP contribution in [0.15, 0.2) is 188 Å². The number of anilines is 6. The molecule has 0 radical (unpaired) electrons. The van der Waals surface area contributed by atoms with Gasteiger partial charge in [0.1, 0.15) is 22.8 Å². The van der Waals surface area contributed by atoms with Gasteiger partial charge in [0.05, 0.1) is 122 Å². The predicted molar refractivity (Wildman–Crippen MR) is 372 cm³/mol. The maximum absolute atomic E-state index is 12.6. The molecule has 15 aromatic rings. The lowest BCUT2D eigenvalue weighted by atomic mass is 10.1. The van der Waals surface area contributed by atoms with E-state index in [-0.39, 0.29) is 29.8 Å². The number of aromatic nitrogens is 12. The molecule has 9 heterocycles. The van der Waals surface area contributed by atoms with Gasteiger partial charge in [-0.05, 0) is 152 Å². The summed E-state index contributed by atoms with van der Waals surface area (Å²) in [6.07, 6.45) is 6.76. The Bertz CT molecular complexity index is 5610. The van der Waals surface area contributed by atoms with Crippen LogP contribution in [0.1, 0.15) is 55.4 Å². The van der Waals surface area contributed by atoms with Crippen molar-refractivity contribution in [1.29, 1.82) is 0 Å². The summed E-state index contributed by atoms with van der Waals surface area (Å²) >= 11 is 0. The van der Waals surface area contributed by atoms with Gasteiger partial charge in [-0.15, -0.1) is 0 Å². The summed E-state index contributed by atoms with van der Waals surface area (Å²) in [6, 6.07) is 55.1. The predicted octanol–water partition coefficient (Wildman–Crippen LogP) is 13.8. The number of aromatic carboxylic acids is 3. The van der Waals surface area contributed by atoms with Crippen molar-refractivity contribution < 1.29 is 39.5 Å². The standard InChI is InChI=1S/C74H61N15O8/c1-84(61-10-6-7-11-65(61)97-2)46-18-21-49-62(36-46)87(81-69(49)58-39-55-66(78-58)52(72(91)92)24-27-75-55)33-31-86(45-16-14-43(15-17-45)42-12-13-42)48-20-22-50-63(37-48)88(82-70(50)59-40-56-67(79-59)53(73(93)94)25-28-76-56)32-30-85(44-8-4-3-5-9-44)47-19-23-51-64(38-47)89(34-35-90)83-71(51)60-41-57-68(80-60)54(74(95)96)26-29-77-57/h3-11,14-29,36-42,78-80,90H,12-13,30-35H2,1-2H3,(H,91,92)(H,93,94)(H,95,96). The number of methoxy groups -OCH3 is 1. The van der Waals surface area contributed by atoms with Crippen molar-refractivity contribution >= 4 is 118 Å². The second-order valence-electron chi connectivity index (χ2n) is 24.1. The van der Waals surface area contributed by atoms with Gasteiger partial charge in [-0.25, -0.2) is 14.4 Å². The lowest BCUT2D eigenvalue weighted by molar-refractivity contribution is 0.0688. The molecule has 0 bridgehead atoms. The van der Waals surface area contributed by atoms with Gasteiger partial charge in [0.15, 0.2) is 0 Å². The van der Waals surface area contributed by atoms with E-state index in [2.05, 4.69) is 93.1 Å². The van der Waals surface area contributed by atoms with E-state index < -0.39 is 17.9 Å². The average Bonchev–Trinajstić information content (AvgIpc) is 1.62. The first-order valence-corrected chi connectivity index (χ1v) is 31.7. The number of aliphatic hydroxyl groups excluding tert-OH is 1. The summed E-state index contributed by atoms with van der Waals surface area (Å²) in [5.74, 6) is -2.00. The minimum atomic E-state index is -1.09. The number of hydrogen-bond donors (Lipinski definition) is 7. The average molecular weight is 1290 g/mol. The number of carbonyl (C=O) groups is 3. The summed E-state index contributed by atoms with van der Waals surface area (Å²) in [4.78, 5) is 67.4. The van der Waals surface area contributed by atoms with Crippen LogP contribution < -0.4 is 19.4 Å². The van der Waals surface area contributed by atoms with Crippen molar-refractivity contribution in [3.63, 3.8) is 0 Å². The van der Waals surface area contributed by atoms with E-state index in [1.165, 1.54) is 42.4 Å². The number of nitrogens with one attached hydrogen (secondary N) is 3. The van der Waals surface area contributed by atoms with Crippen LogP contribution in [-0.4, -0.2) is 131 Å². The number of carboxylic acid groups (broad SMARTS) is 3. The van der Waals surface area contributed by atoms with Gasteiger partial charge in [0.2, 0.25) is 0 Å². The summed E-state index contributed by atoms with van der Waals surface area (Å²) < 4.78 is 11.6. The van der Waals surface area contributed by atoms with Crippen LogP contribution >= 0.6 is 0 Å². The molecule has 0 amide bonds. The van der Waals surface area contributed by atoms with E-state index in [4.69, 9.17) is 20.0 Å². The lowest BCUT2D eigenvalue weighted by Gasteiger charge is -2.27. The fraction of sp³-hybridized carbons (Fsp3) is 0.149. The SMILES string of the molecule is COc1ccccc1N(C)c1ccc2c(-c3cc4nccc(C(=O)O)c4[nH]3)nn(CCN(c3ccc(C4CC4)cc3)c3ccc4c(-c5cc6nccc(C(=O)O)c6[nH]5)nn(CCN(c5ccccc5)c5ccc6c(-c7cc8nccc(C(=O)O)c8[nH]7)nn(CCO)c6c5)c4c3)c2c1. The van der Waals surface area contributed by atoms with E-state index in [1.807, 2.05) is 113 Å². The molecule has 0 spiro atoms. The highest BCUT2D eigenvalue weighted by atomic mass is 16.5. The minimum absolute atomic E-state index is 0.0848. The molecule has 97 heavy (non-hydrogen) atoms. The molecule has 0 saturated heterocycles. The number of rotatable bonds is 22. The van der Waals surface area contributed by atoms with Gasteiger partial charge in [-0.2, -0.15) is 15.3 Å². The molecule has 1 saturated carbocycles. The minimum Gasteiger partial charge on any atom is -0.495 e. The zero-order valence-corrected chi connectivity index (χ0v) is 52.4. The van der Waals surface area contributed by atoms with Crippen LogP contribution in [0.2, 0.25) is 0 Å². The number of carboxylic acids is 3. The van der Waals surface area contributed by atoms with Crippen molar-refractivity contribution in [2.45, 2.75) is 38.4 Å². The second kappa shape index (κ2) is 24.0. The van der Waals surface area contributed by atoms with Crippen LogP contribution in [0.3, 0.4) is 0 Å². The highest BCUT2D eigenvalue weighted by molar-refractivity contribution is 6.07. The summed E-state index contributed by atoms with van der Waals surface area (Å²) in [6.45, 7) is 1.58. The molecule has 1 fully saturated rings. The first-order chi connectivity index (χ1) is 47.4. The Balaban J connectivity index is 0.813. The topological polar surface area (TPSA) is 291 Å². The molecule has 23 heteroatoms. The maximum Gasteiger partial charge on any atom is 0.337 e. The molecule has 0 aliphatic heterocycles. The Morgan fingerprint density at radius 1 is 0.485 bits per heavy atom. The van der Waals surface area contributed by atoms with Gasteiger partial charge in [0, 0.05) is 83.3 Å². The number of aromatic amines is 3. The molecule has 1 aliphatic carbocycles. The van der Waals surface area contributed by atoms with E-state index in [1.54, 1.807) is 17.9 Å². The van der Waals surface area contributed by atoms with Crippen molar-refractivity contribution in [3.05, 3.63) is 211 Å². The largest absolute Gasteiger partial charge is 0.495 e. The monoisotopic (exact) mass is 1290 g/mol. The number of para-hydroxylation sites is 3. The molecule has 7 N–H and O–H groups in total. The van der Waals surface area contributed by atoms with Gasteiger partial charge in [0.25, 0.3) is 0 Å². The third-order valence-corrected chi connectivity index (χ3v) is 18.4. The third kappa shape index (κ3) is 10.7. The number of ether oxygens (including phenoxy) is 1. The Morgan fingerprint density at radius 3 is 1.32 bits per heavy atom. The quantitative estimate of drug-likeness (QED) is 0.0332. The van der Waals surface area contributed by atoms with Crippen molar-refractivity contribution in [3.8, 4) is 39.9 Å². The summed E-state index contributed by atoms with van der Waals surface area (Å²) in [5, 5.41) is 59.1. The van der Waals surface area contributed by atoms with Crippen molar-refractivity contribution in [2.24, 2.45) is 0 Å². The highest BCUT2D eigenvalue weighted by Gasteiger charge is 2.27. The molecule has 0 unspecified atom stereocenters. The number of nitrogens with zero attached hydrogens (tertiary/aromatic N) is 12. The van der Waals surface area contributed by atoms with Gasteiger partial charge in [-0.1, -0.05) is 42.5 Å². The van der Waals surface area contributed by atoms with Crippen molar-refractivity contribution in [1.82, 2.24) is 59.2 Å². The van der Waals surface area contributed by atoms with E-state index in [9.17, 15) is 34.8 Å². The first-order valence-electron chi connectivity index (χ1n) is 31.7. The summed E-state index contributed by atoms with van der Waals surface area (Å²) in [7, 11) is 3.65. The van der Waals surface area contributed by atoms with Gasteiger partial charge >= 0.3 is 17.9 Å². The van der Waals surface area contributed by atoms with E-state index in [0.717, 1.165) is 79.7 Å². The first kappa shape index (κ1) is 59.4. The van der Waals surface area contributed by atoms with Crippen LogP contribution in [0, 0.1) is 0 Å². The zero-order valence-electron chi connectivity index (χ0n) is 52.4. The molecule has 480 valence electrons. The van der Waals surface area contributed by atoms with E-state index in [0.29, 0.717) is 105 Å². The Kier molecular flexibility index (Phi) is 14.7. The number of benzene rings is 6. The second-order valence-corrected chi connectivity index (χ2v) is 24.1. The van der Waals surface area contributed by atoms with Gasteiger partial charge in [-0.3, -0.25) is 29.0 Å². The normalized spacial score (nSPS) is 12.4. The fourth-order valence-electron chi connectivity index (χ4n) is 13.4. The smallest absolute Gasteiger partial charge is 0.337 e. The number of fused-ring (bicyclic) bond motifs is 6. The molecule has 1 aliphatic rings. The van der Waals surface area contributed by atoms with E-state index >= 15 is 0 Å². The van der Waals surface area contributed by atoms with Crippen LogP contribution in [0.5, 0.6) is 5.75 Å². The molecule has 23 nitrogen and oxygen atoms in total. The number of aliphatic hydroxyl groups is 1. The molecule has 16 rings (SSSR count). The van der Waals surface area contributed by atoms with Crippen molar-refractivity contribution in [2.75, 3.05) is 48.6 Å². The molecular weight excluding hydrogens is 1230 g/mol. The zero-order chi connectivity index (χ0) is 66.2. The molecular formula is C74H61N15O8. The third-order valence-electron chi connectivity index (χ3n) is 18.4. The molecule has 0 atom stereocenters. The Labute approximate surface area is 551 Å². The molecule has 6 aromatic carbocycles. The highest BCUT2D eigenvalue weighted by Crippen LogP contribution is 2.43.